The number of nitro groups is 1. The Hall–Kier alpha value is -3.44. The monoisotopic (exact) mass is 598 g/mol. The second-order valence-corrected chi connectivity index (χ2v) is 10.3. The van der Waals surface area contributed by atoms with Crippen LogP contribution in [0.2, 0.25) is 0 Å². The van der Waals surface area contributed by atoms with E-state index in [1.54, 1.807) is 18.2 Å². The fourth-order valence-corrected chi connectivity index (χ4v) is 4.87. The second-order valence-electron chi connectivity index (χ2n) is 10.3. The Morgan fingerprint density at radius 1 is 0.791 bits per heavy atom. The smallest absolute Gasteiger partial charge is 0.270 e. The highest BCUT2D eigenvalue weighted by Crippen LogP contribution is 2.25. The zero-order valence-corrected chi connectivity index (χ0v) is 24.7. The van der Waals surface area contributed by atoms with Crippen molar-refractivity contribution < 1.29 is 23.9 Å². The Bertz CT molecular complexity index is 1120. The van der Waals surface area contributed by atoms with E-state index in [0.717, 1.165) is 43.2 Å². The van der Waals surface area contributed by atoms with Crippen LogP contribution in [0.15, 0.2) is 61.7 Å². The maximum atomic E-state index is 10.9. The third-order valence-corrected chi connectivity index (χ3v) is 7.05. The zero-order chi connectivity index (χ0) is 30.0. The number of hydrogen-bond donors (Lipinski definition) is 1. The van der Waals surface area contributed by atoms with Crippen LogP contribution in [0.3, 0.4) is 0 Å². The van der Waals surface area contributed by atoms with Crippen molar-refractivity contribution in [1.29, 1.82) is 0 Å². The van der Waals surface area contributed by atoms with E-state index >= 15 is 0 Å². The molecule has 2 fully saturated rings. The van der Waals surface area contributed by atoms with Crippen LogP contribution < -0.4 is 15.2 Å². The second kappa shape index (κ2) is 20.5. The van der Waals surface area contributed by atoms with Crippen molar-refractivity contribution >= 4 is 11.4 Å². The predicted molar refractivity (Wildman–Crippen MR) is 173 cm³/mol. The molecule has 0 unspecified atom stereocenters. The zero-order valence-electron chi connectivity index (χ0n) is 24.7. The Kier molecular flexibility index (Phi) is 17.0. The molecule has 0 atom stereocenters. The maximum Gasteiger partial charge on any atom is 0.270 e. The summed E-state index contributed by atoms with van der Waals surface area (Å²) in [5.74, 6) is 1.51. The molecule has 2 N–H and O–H groups in total. The van der Waals surface area contributed by atoms with Gasteiger partial charge in [0.05, 0.1) is 31.4 Å². The molecule has 0 bridgehead atoms. The standard InChI is InChI=1S/C16H22N2O4.C16H24N2O2.CH4/c1-2-10-21-13-14-12-15(18(19)20)5-6-16(14)22-11-9-17-7-3-4-8-17;1-2-10-19-13-14-12-15(17)5-6-16(14)20-11-9-18-7-3-4-8-18;/h2,5-6,12H,1,3-4,7-11,13H2;2,5-6,12H,1,3-4,7-11,13,17H2;1H4. The summed E-state index contributed by atoms with van der Waals surface area (Å²) in [6.07, 6.45) is 8.49. The minimum absolute atomic E-state index is 0. The number of nitrogens with two attached hydrogens (primary N) is 1. The molecule has 0 aliphatic carbocycles. The van der Waals surface area contributed by atoms with E-state index in [-0.39, 0.29) is 19.7 Å². The molecule has 0 amide bonds. The number of nitro benzene ring substituents is 1. The van der Waals surface area contributed by atoms with Crippen molar-refractivity contribution in [2.75, 3.05) is 71.4 Å². The number of nitrogen functional groups attached to an aromatic ring is 1. The van der Waals surface area contributed by atoms with E-state index in [4.69, 9.17) is 24.7 Å². The summed E-state index contributed by atoms with van der Waals surface area (Å²) in [4.78, 5) is 15.3. The Morgan fingerprint density at radius 2 is 1.26 bits per heavy atom. The molecule has 238 valence electrons. The molecule has 0 aromatic heterocycles. The summed E-state index contributed by atoms with van der Waals surface area (Å²) in [7, 11) is 0. The number of likely N-dealkylation sites (tertiary alicyclic amines) is 2. The molecule has 0 saturated carbocycles. The van der Waals surface area contributed by atoms with Gasteiger partial charge >= 0.3 is 0 Å². The molecular weight excluding hydrogens is 548 g/mol. The van der Waals surface area contributed by atoms with Gasteiger partial charge in [-0.05, 0) is 76.1 Å². The van der Waals surface area contributed by atoms with E-state index in [0.29, 0.717) is 44.3 Å². The van der Waals surface area contributed by atoms with E-state index in [2.05, 4.69) is 23.0 Å². The number of hydrogen-bond acceptors (Lipinski definition) is 9. The lowest BCUT2D eigenvalue weighted by Crippen LogP contribution is -2.25. The summed E-state index contributed by atoms with van der Waals surface area (Å²) in [6, 6.07) is 10.3. The molecule has 4 rings (SSSR count). The fraction of sp³-hybridized carbons (Fsp3) is 0.515. The summed E-state index contributed by atoms with van der Waals surface area (Å²) in [5.41, 5.74) is 8.28. The number of anilines is 1. The predicted octanol–water partition coefficient (Wildman–Crippen LogP) is 5.85. The van der Waals surface area contributed by atoms with Gasteiger partial charge in [0, 0.05) is 42.0 Å². The molecule has 2 aromatic rings. The van der Waals surface area contributed by atoms with Crippen LogP contribution in [-0.4, -0.2) is 80.4 Å². The van der Waals surface area contributed by atoms with Crippen molar-refractivity contribution in [3.63, 3.8) is 0 Å². The molecule has 2 aliphatic rings. The molecule has 0 radical (unpaired) electrons. The Balaban J connectivity index is 0.000000295. The first kappa shape index (κ1) is 35.8. The van der Waals surface area contributed by atoms with Crippen LogP contribution in [0.1, 0.15) is 44.2 Å². The van der Waals surface area contributed by atoms with Crippen LogP contribution >= 0.6 is 0 Å². The first-order chi connectivity index (χ1) is 20.5. The SMILES string of the molecule is C.C=CCOCc1cc(N)ccc1OCCN1CCCC1.C=CCOCc1cc([N+](=O)[O-])ccc1OCCN1CCCC1. The topological polar surface area (TPSA) is 113 Å². The first-order valence-corrected chi connectivity index (χ1v) is 14.7. The van der Waals surface area contributed by atoms with Gasteiger partial charge in [0.25, 0.3) is 5.69 Å². The molecule has 10 nitrogen and oxygen atoms in total. The van der Waals surface area contributed by atoms with E-state index in [1.165, 1.54) is 50.9 Å². The van der Waals surface area contributed by atoms with Gasteiger partial charge in [-0.15, -0.1) is 13.2 Å². The molecule has 10 heteroatoms. The third kappa shape index (κ3) is 13.2. The van der Waals surface area contributed by atoms with Crippen LogP contribution in [0.5, 0.6) is 11.5 Å². The molecule has 2 heterocycles. The molecular formula is C33H50N4O6. The highest BCUT2D eigenvalue weighted by Gasteiger charge is 2.15. The van der Waals surface area contributed by atoms with Gasteiger partial charge in [-0.3, -0.25) is 19.9 Å². The van der Waals surface area contributed by atoms with Crippen LogP contribution in [0.4, 0.5) is 11.4 Å². The van der Waals surface area contributed by atoms with E-state index < -0.39 is 4.92 Å². The minimum Gasteiger partial charge on any atom is -0.492 e. The fourth-order valence-electron chi connectivity index (χ4n) is 4.87. The van der Waals surface area contributed by atoms with Gasteiger partial charge in [-0.1, -0.05) is 19.6 Å². The Labute approximate surface area is 257 Å². The molecule has 2 saturated heterocycles. The average Bonchev–Trinajstić information content (AvgIpc) is 3.70. The highest BCUT2D eigenvalue weighted by atomic mass is 16.6. The third-order valence-electron chi connectivity index (χ3n) is 7.05. The summed E-state index contributed by atoms with van der Waals surface area (Å²) in [6.45, 7) is 16.7. The van der Waals surface area contributed by atoms with Gasteiger partial charge in [-0.2, -0.15) is 0 Å². The number of rotatable bonds is 17. The van der Waals surface area contributed by atoms with E-state index in [9.17, 15) is 10.1 Å². The number of benzene rings is 2. The van der Waals surface area contributed by atoms with Crippen LogP contribution in [-0.2, 0) is 22.7 Å². The maximum absolute atomic E-state index is 10.9. The normalized spacial score (nSPS) is 14.8. The first-order valence-electron chi connectivity index (χ1n) is 14.7. The van der Waals surface area contributed by atoms with Gasteiger partial charge in [-0.25, -0.2) is 0 Å². The minimum atomic E-state index is -0.412. The Morgan fingerprint density at radius 3 is 1.72 bits per heavy atom. The molecule has 0 spiro atoms. The van der Waals surface area contributed by atoms with Gasteiger partial charge in [0.1, 0.15) is 24.7 Å². The van der Waals surface area contributed by atoms with Crippen LogP contribution in [0, 0.1) is 10.1 Å². The summed E-state index contributed by atoms with van der Waals surface area (Å²) in [5, 5.41) is 10.9. The van der Waals surface area contributed by atoms with Gasteiger partial charge in [0.15, 0.2) is 0 Å². The number of non-ortho nitro benzene ring substituents is 1. The summed E-state index contributed by atoms with van der Waals surface area (Å²) < 4.78 is 22.5. The van der Waals surface area contributed by atoms with E-state index in [1.807, 2.05) is 18.2 Å². The number of nitrogens with zero attached hydrogens (tertiary/aromatic N) is 3. The summed E-state index contributed by atoms with van der Waals surface area (Å²) >= 11 is 0. The number of ether oxygens (including phenoxy) is 4. The molecule has 2 aliphatic heterocycles. The van der Waals surface area contributed by atoms with Crippen molar-refractivity contribution in [3.8, 4) is 11.5 Å². The molecule has 2 aromatic carbocycles. The molecule has 43 heavy (non-hydrogen) atoms. The van der Waals surface area contributed by atoms with Crippen molar-refractivity contribution in [3.05, 3.63) is 82.9 Å². The average molecular weight is 599 g/mol. The lowest BCUT2D eigenvalue weighted by Gasteiger charge is -2.17. The quantitative estimate of drug-likeness (QED) is 0.0787. The van der Waals surface area contributed by atoms with Crippen LogP contribution in [0.25, 0.3) is 0 Å². The van der Waals surface area contributed by atoms with Crippen molar-refractivity contribution in [2.24, 2.45) is 0 Å². The van der Waals surface area contributed by atoms with Gasteiger partial charge in [0.2, 0.25) is 0 Å². The highest BCUT2D eigenvalue weighted by molar-refractivity contribution is 5.47. The van der Waals surface area contributed by atoms with Gasteiger partial charge < -0.3 is 24.7 Å². The lowest BCUT2D eigenvalue weighted by atomic mass is 10.2. The van der Waals surface area contributed by atoms with Crippen molar-refractivity contribution in [1.82, 2.24) is 9.80 Å². The lowest BCUT2D eigenvalue weighted by molar-refractivity contribution is -0.385. The van der Waals surface area contributed by atoms with Crippen molar-refractivity contribution in [2.45, 2.75) is 46.3 Å². The largest absolute Gasteiger partial charge is 0.492 e.